The van der Waals surface area contributed by atoms with E-state index in [2.05, 4.69) is 58.1 Å². The van der Waals surface area contributed by atoms with Crippen LogP contribution in [-0.4, -0.2) is 81.9 Å². The second kappa shape index (κ2) is 9.53. The van der Waals surface area contributed by atoms with Crippen LogP contribution in [0, 0.1) is 0 Å². The van der Waals surface area contributed by atoms with Crippen LogP contribution >= 0.6 is 0 Å². The Morgan fingerprint density at radius 2 is 1.64 bits per heavy atom. The molecule has 25 heavy (non-hydrogen) atoms. The number of piperazine rings is 1. The minimum atomic E-state index is 0.478. The van der Waals surface area contributed by atoms with Crippen LogP contribution in [0.5, 0.6) is 0 Å². The van der Waals surface area contributed by atoms with Crippen LogP contribution in [0.2, 0.25) is 0 Å². The highest BCUT2D eigenvalue weighted by molar-refractivity contribution is 5.47. The summed E-state index contributed by atoms with van der Waals surface area (Å²) in [4.78, 5) is 7.62. The van der Waals surface area contributed by atoms with Gasteiger partial charge in [-0.1, -0.05) is 12.1 Å². The summed E-state index contributed by atoms with van der Waals surface area (Å²) in [6, 6.07) is 9.78. The first-order valence-electron chi connectivity index (χ1n) is 9.91. The maximum atomic E-state index is 5.53. The molecule has 0 spiro atoms. The number of rotatable bonds is 7. The number of anilines is 1. The molecule has 0 amide bonds. The van der Waals surface area contributed by atoms with E-state index in [0.29, 0.717) is 6.04 Å². The van der Waals surface area contributed by atoms with Crippen molar-refractivity contribution in [2.75, 3.05) is 77.0 Å². The Balaban J connectivity index is 1.75. The zero-order chi connectivity index (χ0) is 17.5. The van der Waals surface area contributed by atoms with Crippen LogP contribution < -0.4 is 10.2 Å². The third kappa shape index (κ3) is 4.94. The van der Waals surface area contributed by atoms with Gasteiger partial charge < -0.3 is 15.0 Å². The van der Waals surface area contributed by atoms with E-state index in [1.54, 1.807) is 0 Å². The molecular weight excluding hydrogens is 312 g/mol. The van der Waals surface area contributed by atoms with Gasteiger partial charge in [-0.25, -0.2) is 0 Å². The van der Waals surface area contributed by atoms with Crippen molar-refractivity contribution in [3.63, 3.8) is 0 Å². The van der Waals surface area contributed by atoms with Gasteiger partial charge in [-0.3, -0.25) is 9.80 Å². The average Bonchev–Trinajstić information content (AvgIpc) is 2.69. The molecule has 0 radical (unpaired) electrons. The largest absolute Gasteiger partial charge is 0.379 e. The first-order valence-corrected chi connectivity index (χ1v) is 9.91. The van der Waals surface area contributed by atoms with Crippen molar-refractivity contribution in [3.8, 4) is 0 Å². The number of nitrogens with zero attached hydrogens (tertiary/aromatic N) is 3. The van der Waals surface area contributed by atoms with Gasteiger partial charge in [-0.05, 0) is 31.5 Å². The van der Waals surface area contributed by atoms with Gasteiger partial charge in [-0.2, -0.15) is 0 Å². The Labute approximate surface area is 152 Å². The molecule has 2 aliphatic heterocycles. The molecule has 1 atom stereocenters. The second-order valence-electron chi connectivity index (χ2n) is 6.98. The highest BCUT2D eigenvalue weighted by atomic mass is 16.5. The lowest BCUT2D eigenvalue weighted by atomic mass is 10.0. The van der Waals surface area contributed by atoms with E-state index in [4.69, 9.17) is 4.74 Å². The van der Waals surface area contributed by atoms with Gasteiger partial charge in [0.05, 0.1) is 13.2 Å². The van der Waals surface area contributed by atoms with E-state index in [1.807, 2.05) is 0 Å². The lowest BCUT2D eigenvalue weighted by Crippen LogP contribution is -2.49. The molecule has 2 aliphatic rings. The van der Waals surface area contributed by atoms with Gasteiger partial charge in [0.15, 0.2) is 0 Å². The summed E-state index contributed by atoms with van der Waals surface area (Å²) in [5, 5.41) is 3.48. The molecule has 1 aromatic rings. The van der Waals surface area contributed by atoms with E-state index in [9.17, 15) is 0 Å². The number of benzene rings is 1. The fourth-order valence-electron chi connectivity index (χ4n) is 3.95. The van der Waals surface area contributed by atoms with Gasteiger partial charge in [0.25, 0.3) is 0 Å². The van der Waals surface area contributed by atoms with Crippen LogP contribution in [0.4, 0.5) is 5.69 Å². The smallest absolute Gasteiger partial charge is 0.0594 e. The third-order valence-corrected chi connectivity index (χ3v) is 5.53. The van der Waals surface area contributed by atoms with Crippen LogP contribution in [0.1, 0.15) is 25.5 Å². The molecule has 5 heteroatoms. The van der Waals surface area contributed by atoms with Gasteiger partial charge >= 0.3 is 0 Å². The summed E-state index contributed by atoms with van der Waals surface area (Å²) in [6.45, 7) is 16.0. The highest BCUT2D eigenvalue weighted by Crippen LogP contribution is 2.25. The minimum Gasteiger partial charge on any atom is -0.379 e. The van der Waals surface area contributed by atoms with E-state index >= 15 is 0 Å². The van der Waals surface area contributed by atoms with Gasteiger partial charge in [0, 0.05) is 70.6 Å². The van der Waals surface area contributed by atoms with Crippen LogP contribution in [-0.2, 0) is 4.74 Å². The molecule has 3 rings (SSSR count). The fourth-order valence-corrected chi connectivity index (χ4v) is 3.95. The number of ether oxygens (including phenoxy) is 1. The first-order chi connectivity index (χ1) is 12.3. The first kappa shape index (κ1) is 18.6. The van der Waals surface area contributed by atoms with Gasteiger partial charge in [0.2, 0.25) is 0 Å². The standard InChI is InChI=1S/C20H34N4O/c1-3-23(4-2)19-7-5-18(6-8-19)20(24-11-9-21-10-12-24)17-22-13-15-25-16-14-22/h5-8,20-21H,3-4,9-17H2,1-2H3. The van der Waals surface area contributed by atoms with Crippen molar-refractivity contribution >= 4 is 5.69 Å². The summed E-state index contributed by atoms with van der Waals surface area (Å²) in [7, 11) is 0. The number of morpholine rings is 1. The van der Waals surface area contributed by atoms with E-state index in [0.717, 1.165) is 72.1 Å². The topological polar surface area (TPSA) is 31.0 Å². The lowest BCUT2D eigenvalue weighted by Gasteiger charge is -2.39. The van der Waals surface area contributed by atoms with E-state index in [-0.39, 0.29) is 0 Å². The predicted octanol–water partition coefficient (Wildman–Crippen LogP) is 1.81. The molecule has 2 saturated heterocycles. The lowest BCUT2D eigenvalue weighted by molar-refractivity contribution is 0.0206. The Kier molecular flexibility index (Phi) is 7.11. The molecular formula is C20H34N4O. The van der Waals surface area contributed by atoms with E-state index < -0.39 is 0 Å². The highest BCUT2D eigenvalue weighted by Gasteiger charge is 2.25. The van der Waals surface area contributed by atoms with Gasteiger partial charge in [0.1, 0.15) is 0 Å². The van der Waals surface area contributed by atoms with Crippen molar-refractivity contribution in [2.45, 2.75) is 19.9 Å². The maximum Gasteiger partial charge on any atom is 0.0594 e. The van der Waals surface area contributed by atoms with Gasteiger partial charge in [-0.15, -0.1) is 0 Å². The van der Waals surface area contributed by atoms with Crippen molar-refractivity contribution in [1.82, 2.24) is 15.1 Å². The molecule has 2 fully saturated rings. The molecule has 0 aromatic heterocycles. The molecule has 0 bridgehead atoms. The normalized spacial score (nSPS) is 21.2. The summed E-state index contributed by atoms with van der Waals surface area (Å²) < 4.78 is 5.53. The van der Waals surface area contributed by atoms with Crippen molar-refractivity contribution in [3.05, 3.63) is 29.8 Å². The summed E-state index contributed by atoms with van der Waals surface area (Å²) in [5.74, 6) is 0. The zero-order valence-electron chi connectivity index (χ0n) is 15.9. The van der Waals surface area contributed by atoms with Crippen LogP contribution in [0.25, 0.3) is 0 Å². The quantitative estimate of drug-likeness (QED) is 0.814. The Hall–Kier alpha value is -1.14. The monoisotopic (exact) mass is 346 g/mol. The van der Waals surface area contributed by atoms with Crippen molar-refractivity contribution in [1.29, 1.82) is 0 Å². The molecule has 1 unspecified atom stereocenters. The average molecular weight is 347 g/mol. The van der Waals surface area contributed by atoms with Crippen LogP contribution in [0.15, 0.2) is 24.3 Å². The molecule has 2 heterocycles. The molecule has 1 aromatic carbocycles. The SMILES string of the molecule is CCN(CC)c1ccc(C(CN2CCOCC2)N2CCNCC2)cc1. The Morgan fingerprint density at radius 1 is 1.00 bits per heavy atom. The van der Waals surface area contributed by atoms with Crippen molar-refractivity contribution < 1.29 is 4.74 Å². The van der Waals surface area contributed by atoms with Crippen molar-refractivity contribution in [2.24, 2.45) is 0 Å². The number of hydrogen-bond acceptors (Lipinski definition) is 5. The number of nitrogens with one attached hydrogen (secondary N) is 1. The Bertz CT molecular complexity index is 491. The molecule has 1 N–H and O–H groups in total. The second-order valence-corrected chi connectivity index (χ2v) is 6.98. The third-order valence-electron chi connectivity index (χ3n) is 5.53. The fraction of sp³-hybridized carbons (Fsp3) is 0.700. The van der Waals surface area contributed by atoms with Crippen LogP contribution in [0.3, 0.4) is 0 Å². The minimum absolute atomic E-state index is 0.478. The van der Waals surface area contributed by atoms with E-state index in [1.165, 1.54) is 11.3 Å². The number of hydrogen-bond donors (Lipinski definition) is 1. The summed E-state index contributed by atoms with van der Waals surface area (Å²) in [6.07, 6.45) is 0. The maximum absolute atomic E-state index is 5.53. The summed E-state index contributed by atoms with van der Waals surface area (Å²) >= 11 is 0. The summed E-state index contributed by atoms with van der Waals surface area (Å²) in [5.41, 5.74) is 2.78. The molecule has 0 aliphatic carbocycles. The molecule has 140 valence electrons. The zero-order valence-corrected chi connectivity index (χ0v) is 15.9. The molecule has 0 saturated carbocycles. The molecule has 5 nitrogen and oxygen atoms in total. The predicted molar refractivity (Wildman–Crippen MR) is 104 cm³/mol. The Morgan fingerprint density at radius 3 is 2.24 bits per heavy atom.